The van der Waals surface area contributed by atoms with Gasteiger partial charge in [0.1, 0.15) is 11.5 Å². The molecule has 0 atom stereocenters. The van der Waals surface area contributed by atoms with Gasteiger partial charge in [-0.05, 0) is 142 Å². The fourth-order valence-corrected chi connectivity index (χ4v) is 13.8. The number of hydrogen-bond acceptors (Lipinski definition) is 2. The summed E-state index contributed by atoms with van der Waals surface area (Å²) in [5, 5.41) is 0. The zero-order chi connectivity index (χ0) is 54.1. The van der Waals surface area contributed by atoms with Gasteiger partial charge in [-0.25, -0.2) is 0 Å². The third-order valence-electron chi connectivity index (χ3n) is 17.4. The van der Waals surface area contributed by atoms with Crippen molar-refractivity contribution >= 4 is 40.2 Å². The largest absolute Gasteiger partial charge is 0.458 e. The average Bonchev–Trinajstić information content (AvgIpc) is 2.34. The zero-order valence-corrected chi connectivity index (χ0v) is 45.0. The Morgan fingerprint density at radius 1 is 0.268 bits per heavy atom. The summed E-state index contributed by atoms with van der Waals surface area (Å²) in [5.74, 6) is 1.72. The summed E-state index contributed by atoms with van der Waals surface area (Å²) in [6.45, 7) is -0.198. The fraction of sp³-hybridized carbons (Fsp3) is 0.0127. The Hall–Kier alpha value is -10.5. The lowest BCUT2D eigenvalue weighted by Gasteiger charge is -2.43. The first-order valence-corrected chi connectivity index (χ1v) is 28.4. The highest BCUT2D eigenvalue weighted by atomic mass is 16.5. The van der Waals surface area contributed by atoms with Gasteiger partial charge in [0.25, 0.3) is 6.71 Å². The number of nitrogens with zero attached hydrogens (tertiary/aromatic N) is 1. The second-order valence-corrected chi connectivity index (χ2v) is 21.8. The molecule has 16 rings (SSSR count). The van der Waals surface area contributed by atoms with Crippen molar-refractivity contribution in [3.63, 3.8) is 0 Å². The van der Waals surface area contributed by atoms with Crippen LogP contribution >= 0.6 is 0 Å². The Labute approximate surface area is 479 Å². The van der Waals surface area contributed by atoms with Crippen LogP contribution in [0, 0.1) is 0 Å². The molecule has 0 aromatic heterocycles. The summed E-state index contributed by atoms with van der Waals surface area (Å²) in [6.07, 6.45) is 0. The van der Waals surface area contributed by atoms with Gasteiger partial charge < -0.3 is 9.64 Å². The molecular weight excluding hydrogens is 990 g/mol. The predicted molar refractivity (Wildman–Crippen MR) is 342 cm³/mol. The number of fused-ring (bicyclic) bond motifs is 7. The Balaban J connectivity index is 1.05. The highest BCUT2D eigenvalue weighted by molar-refractivity contribution is 6.99. The molecule has 1 aliphatic carbocycles. The predicted octanol–water partition coefficient (Wildman–Crippen LogP) is 18.5. The van der Waals surface area contributed by atoms with Crippen molar-refractivity contribution in [3.05, 3.63) is 338 Å². The number of rotatable bonds is 9. The third kappa shape index (κ3) is 7.58. The van der Waals surface area contributed by atoms with E-state index in [-0.39, 0.29) is 6.71 Å². The molecular formula is C79H52BNO. The number of para-hydroxylation sites is 1. The summed E-state index contributed by atoms with van der Waals surface area (Å²) in [6, 6.07) is 116. The van der Waals surface area contributed by atoms with Crippen molar-refractivity contribution in [1.29, 1.82) is 0 Å². The maximum atomic E-state index is 7.62. The van der Waals surface area contributed by atoms with E-state index in [1.54, 1.807) is 0 Å². The second-order valence-electron chi connectivity index (χ2n) is 21.8. The standard InChI is InChI=1S/C79H52BNO/c1-6-23-53(24-7-1)57-31-20-33-61(47-57)65-39-22-40-66(62-34-21-32-58(48-62)54-25-8-2-9-26-54)78(65)81-73-45-43-59(55-27-10-3-11-28-55)49-71(73)80-72-50-60(56-29-12-4-13-30-56)44-46-75(72)82-76-52-64(51-74(81)77(76)80)79(63-35-14-5-15-36-63)69-41-18-16-37-67(69)68-38-17-19-42-70(68)79/h1-52H. The Bertz CT molecular complexity index is 4450. The topological polar surface area (TPSA) is 12.5 Å². The molecule has 0 unspecified atom stereocenters. The van der Waals surface area contributed by atoms with Gasteiger partial charge >= 0.3 is 0 Å². The van der Waals surface area contributed by atoms with Crippen LogP contribution in [0.3, 0.4) is 0 Å². The summed E-state index contributed by atoms with van der Waals surface area (Å²) in [4.78, 5) is 2.62. The van der Waals surface area contributed by atoms with Gasteiger partial charge in [0, 0.05) is 22.5 Å². The van der Waals surface area contributed by atoms with Gasteiger partial charge in [0.15, 0.2) is 0 Å². The molecule has 0 spiro atoms. The number of anilines is 3. The highest BCUT2D eigenvalue weighted by Gasteiger charge is 2.49. The van der Waals surface area contributed by atoms with Crippen molar-refractivity contribution in [1.82, 2.24) is 0 Å². The van der Waals surface area contributed by atoms with Crippen molar-refractivity contribution in [2.75, 3.05) is 4.90 Å². The number of ether oxygens (including phenoxy) is 1. The van der Waals surface area contributed by atoms with Crippen LogP contribution in [0.4, 0.5) is 17.1 Å². The van der Waals surface area contributed by atoms with Gasteiger partial charge in [-0.2, -0.15) is 0 Å². The van der Waals surface area contributed by atoms with Crippen LogP contribution in [0.25, 0.3) is 77.9 Å². The van der Waals surface area contributed by atoms with Gasteiger partial charge in [0.05, 0.1) is 11.1 Å². The molecule has 2 nitrogen and oxygen atoms in total. The molecule has 0 bridgehead atoms. The Morgan fingerprint density at radius 2 is 0.683 bits per heavy atom. The van der Waals surface area contributed by atoms with Crippen LogP contribution in [-0.4, -0.2) is 6.71 Å². The minimum absolute atomic E-state index is 0.198. The molecule has 382 valence electrons. The summed E-state index contributed by atoms with van der Waals surface area (Å²) < 4.78 is 7.62. The first-order valence-electron chi connectivity index (χ1n) is 28.4. The molecule has 0 radical (unpaired) electrons. The van der Waals surface area contributed by atoms with Crippen LogP contribution in [-0.2, 0) is 5.41 Å². The number of benzene rings is 13. The molecule has 0 fully saturated rings. The van der Waals surface area contributed by atoms with Crippen LogP contribution in [0.5, 0.6) is 11.5 Å². The summed E-state index contributed by atoms with van der Waals surface area (Å²) in [5.41, 5.74) is 27.2. The average molecular weight is 1040 g/mol. The summed E-state index contributed by atoms with van der Waals surface area (Å²) >= 11 is 0. The Kier molecular flexibility index (Phi) is 11.2. The van der Waals surface area contributed by atoms with Crippen molar-refractivity contribution in [2.45, 2.75) is 5.41 Å². The van der Waals surface area contributed by atoms with Crippen LogP contribution in [0.2, 0.25) is 0 Å². The smallest absolute Gasteiger partial charge is 0.256 e. The lowest BCUT2D eigenvalue weighted by Crippen LogP contribution is -2.59. The van der Waals surface area contributed by atoms with E-state index in [9.17, 15) is 0 Å². The van der Waals surface area contributed by atoms with Crippen LogP contribution < -0.4 is 26.0 Å². The fourth-order valence-electron chi connectivity index (χ4n) is 13.8. The van der Waals surface area contributed by atoms with Gasteiger partial charge in [-0.1, -0.05) is 279 Å². The van der Waals surface area contributed by atoms with Crippen LogP contribution in [0.15, 0.2) is 315 Å². The third-order valence-corrected chi connectivity index (χ3v) is 17.4. The normalized spacial score (nSPS) is 13.0. The first kappa shape index (κ1) is 47.5. The molecule has 3 aliphatic rings. The maximum Gasteiger partial charge on any atom is 0.256 e. The lowest BCUT2D eigenvalue weighted by molar-refractivity contribution is 0.486. The van der Waals surface area contributed by atoms with E-state index in [1.807, 2.05) is 0 Å². The monoisotopic (exact) mass is 1040 g/mol. The Morgan fingerprint density at radius 3 is 1.22 bits per heavy atom. The lowest BCUT2D eigenvalue weighted by atomic mass is 9.33. The molecule has 2 heterocycles. The molecule has 0 saturated heterocycles. The molecule has 0 saturated carbocycles. The maximum absolute atomic E-state index is 7.62. The van der Waals surface area contributed by atoms with E-state index in [0.717, 1.165) is 89.6 Å². The van der Waals surface area contributed by atoms with Gasteiger partial charge in [0.2, 0.25) is 0 Å². The van der Waals surface area contributed by atoms with Gasteiger partial charge in [-0.3, -0.25) is 0 Å². The molecule has 2 aliphatic heterocycles. The minimum Gasteiger partial charge on any atom is -0.458 e. The van der Waals surface area contributed by atoms with E-state index in [1.165, 1.54) is 55.5 Å². The van der Waals surface area contributed by atoms with E-state index < -0.39 is 5.41 Å². The van der Waals surface area contributed by atoms with Crippen molar-refractivity contribution in [3.8, 4) is 89.4 Å². The van der Waals surface area contributed by atoms with E-state index in [0.29, 0.717) is 0 Å². The first-order chi connectivity index (χ1) is 40.7. The molecule has 13 aromatic carbocycles. The van der Waals surface area contributed by atoms with E-state index >= 15 is 0 Å². The SMILES string of the molecule is c1ccc(-c2cccc(-c3cccc(-c4cccc(-c5ccccc5)c4)c3N3c4ccc(-c5ccccc5)cc4B4c5cc(-c6ccccc6)ccc5Oc5cc(C6(c7ccccc7)c7ccccc7-c7ccccc76)cc3c54)c2)cc1. The van der Waals surface area contributed by atoms with Crippen molar-refractivity contribution in [2.24, 2.45) is 0 Å². The molecule has 0 amide bonds. The number of hydrogen-bond donors (Lipinski definition) is 0. The van der Waals surface area contributed by atoms with Gasteiger partial charge in [-0.15, -0.1) is 0 Å². The van der Waals surface area contributed by atoms with Crippen molar-refractivity contribution < 1.29 is 4.74 Å². The van der Waals surface area contributed by atoms with Crippen LogP contribution in [0.1, 0.15) is 22.3 Å². The van der Waals surface area contributed by atoms with E-state index in [4.69, 9.17) is 4.74 Å². The van der Waals surface area contributed by atoms with E-state index in [2.05, 4.69) is 320 Å². The molecule has 0 N–H and O–H groups in total. The quantitative estimate of drug-likeness (QED) is 0.134. The highest BCUT2D eigenvalue weighted by Crippen LogP contribution is 2.58. The molecule has 3 heteroatoms. The molecule has 13 aromatic rings. The molecule has 82 heavy (non-hydrogen) atoms. The zero-order valence-electron chi connectivity index (χ0n) is 45.0. The second kappa shape index (κ2) is 19.4. The minimum atomic E-state index is -0.713. The summed E-state index contributed by atoms with van der Waals surface area (Å²) in [7, 11) is 0.